The van der Waals surface area contributed by atoms with Crippen LogP contribution in [0, 0.1) is 0 Å². The van der Waals surface area contributed by atoms with Crippen LogP contribution in [0.5, 0.6) is 0 Å². The molecule has 130 valence electrons. The van der Waals surface area contributed by atoms with Crippen molar-refractivity contribution >= 4 is 23.2 Å². The van der Waals surface area contributed by atoms with Gasteiger partial charge in [-0.3, -0.25) is 9.59 Å². The summed E-state index contributed by atoms with van der Waals surface area (Å²) >= 11 is 0. The molecule has 1 aromatic carbocycles. The Bertz CT molecular complexity index is 779. The molecular formula is C19H21N3O3. The van der Waals surface area contributed by atoms with Gasteiger partial charge >= 0.3 is 0 Å². The number of furan rings is 1. The average Bonchev–Trinajstić information content (AvgIpc) is 3.24. The Morgan fingerprint density at radius 1 is 1.28 bits per heavy atom. The maximum Gasteiger partial charge on any atom is 0.243 e. The van der Waals surface area contributed by atoms with E-state index in [4.69, 9.17) is 4.42 Å². The lowest BCUT2D eigenvalue weighted by atomic mass is 10.0. The Balaban J connectivity index is 1.84. The highest BCUT2D eigenvalue weighted by Crippen LogP contribution is 2.33. The van der Waals surface area contributed by atoms with Gasteiger partial charge in [-0.1, -0.05) is 19.1 Å². The predicted octanol–water partition coefficient (Wildman–Crippen LogP) is 3.72. The van der Waals surface area contributed by atoms with Crippen molar-refractivity contribution in [2.75, 3.05) is 5.32 Å². The third-order valence-electron chi connectivity index (χ3n) is 4.04. The van der Waals surface area contributed by atoms with Gasteiger partial charge in [0.05, 0.1) is 12.0 Å². The van der Waals surface area contributed by atoms with Gasteiger partial charge in [0.15, 0.2) is 0 Å². The number of hydrogen-bond acceptors (Lipinski definition) is 4. The molecule has 0 radical (unpaired) electrons. The minimum absolute atomic E-state index is 0.00577. The first kappa shape index (κ1) is 17.0. The van der Waals surface area contributed by atoms with Gasteiger partial charge in [0.1, 0.15) is 11.8 Å². The molecule has 2 aromatic rings. The minimum Gasteiger partial charge on any atom is -0.467 e. The molecule has 0 fully saturated rings. The Hall–Kier alpha value is -2.89. The Labute approximate surface area is 146 Å². The fraction of sp³-hybridized carbons (Fsp3) is 0.316. The van der Waals surface area contributed by atoms with Crippen molar-refractivity contribution in [1.82, 2.24) is 5.01 Å². The highest BCUT2D eigenvalue weighted by atomic mass is 16.3. The van der Waals surface area contributed by atoms with E-state index in [2.05, 4.69) is 10.4 Å². The molecule has 1 N–H and O–H groups in total. The van der Waals surface area contributed by atoms with E-state index >= 15 is 0 Å². The molecule has 1 atom stereocenters. The number of carbonyl (C=O) groups is 2. The van der Waals surface area contributed by atoms with Crippen LogP contribution in [0.15, 0.2) is 52.2 Å². The molecule has 1 aliphatic heterocycles. The SMILES string of the molecule is CCCC(=O)N1N=C(c2ccc(NC(C)=O)cc2)C[C@@H]1c1ccco1. The van der Waals surface area contributed by atoms with Crippen molar-refractivity contribution in [3.05, 3.63) is 54.0 Å². The molecule has 1 aromatic heterocycles. The van der Waals surface area contributed by atoms with Crippen LogP contribution in [-0.2, 0) is 9.59 Å². The summed E-state index contributed by atoms with van der Waals surface area (Å²) in [6, 6.07) is 10.9. The zero-order valence-corrected chi connectivity index (χ0v) is 14.4. The summed E-state index contributed by atoms with van der Waals surface area (Å²) in [6.45, 7) is 3.45. The molecule has 0 bridgehead atoms. The van der Waals surface area contributed by atoms with Crippen molar-refractivity contribution in [3.8, 4) is 0 Å². The van der Waals surface area contributed by atoms with Crippen LogP contribution in [0.4, 0.5) is 5.69 Å². The van der Waals surface area contributed by atoms with Crippen molar-refractivity contribution in [1.29, 1.82) is 0 Å². The number of hydrazone groups is 1. The van der Waals surface area contributed by atoms with E-state index in [1.54, 1.807) is 11.3 Å². The van der Waals surface area contributed by atoms with Gasteiger partial charge in [-0.05, 0) is 36.2 Å². The lowest BCUT2D eigenvalue weighted by Gasteiger charge is -2.19. The minimum atomic E-state index is -0.209. The molecule has 0 saturated heterocycles. The second-order valence-electron chi connectivity index (χ2n) is 6.03. The number of nitrogens with one attached hydrogen (secondary N) is 1. The molecule has 6 heteroatoms. The topological polar surface area (TPSA) is 74.9 Å². The van der Waals surface area contributed by atoms with Crippen molar-refractivity contribution < 1.29 is 14.0 Å². The Morgan fingerprint density at radius 3 is 2.64 bits per heavy atom. The summed E-state index contributed by atoms with van der Waals surface area (Å²) in [7, 11) is 0. The van der Waals surface area contributed by atoms with E-state index in [1.807, 2.05) is 43.3 Å². The quantitative estimate of drug-likeness (QED) is 0.902. The number of amides is 2. The highest BCUT2D eigenvalue weighted by molar-refractivity contribution is 6.03. The third kappa shape index (κ3) is 3.79. The number of anilines is 1. The molecule has 3 rings (SSSR count). The van der Waals surface area contributed by atoms with E-state index in [0.29, 0.717) is 12.8 Å². The van der Waals surface area contributed by atoms with E-state index in [1.165, 1.54) is 6.92 Å². The lowest BCUT2D eigenvalue weighted by molar-refractivity contribution is -0.133. The van der Waals surface area contributed by atoms with Gasteiger partial charge in [0.2, 0.25) is 11.8 Å². The molecular weight excluding hydrogens is 318 g/mol. The molecule has 0 spiro atoms. The molecule has 0 aliphatic carbocycles. The number of rotatable bonds is 5. The van der Waals surface area contributed by atoms with Gasteiger partial charge in [0.25, 0.3) is 0 Å². The molecule has 2 heterocycles. The van der Waals surface area contributed by atoms with Crippen LogP contribution in [0.1, 0.15) is 50.5 Å². The largest absolute Gasteiger partial charge is 0.467 e. The fourth-order valence-electron chi connectivity index (χ4n) is 2.89. The van der Waals surface area contributed by atoms with Crippen molar-refractivity contribution in [2.24, 2.45) is 5.10 Å². The van der Waals surface area contributed by atoms with Crippen LogP contribution in [0.25, 0.3) is 0 Å². The first-order valence-corrected chi connectivity index (χ1v) is 8.39. The molecule has 0 saturated carbocycles. The molecule has 25 heavy (non-hydrogen) atoms. The normalized spacial score (nSPS) is 16.6. The van der Waals surface area contributed by atoms with Gasteiger partial charge in [-0.15, -0.1) is 0 Å². The Kier molecular flexibility index (Phi) is 4.97. The summed E-state index contributed by atoms with van der Waals surface area (Å²) < 4.78 is 5.51. The monoisotopic (exact) mass is 339 g/mol. The number of carbonyl (C=O) groups excluding carboxylic acids is 2. The second-order valence-corrected chi connectivity index (χ2v) is 6.03. The lowest BCUT2D eigenvalue weighted by Crippen LogP contribution is -2.26. The maximum atomic E-state index is 12.4. The highest BCUT2D eigenvalue weighted by Gasteiger charge is 2.34. The zero-order valence-electron chi connectivity index (χ0n) is 14.4. The summed E-state index contributed by atoms with van der Waals surface area (Å²) in [6.07, 6.45) is 3.44. The van der Waals surface area contributed by atoms with Crippen molar-refractivity contribution in [2.45, 2.75) is 39.2 Å². The average molecular weight is 339 g/mol. The summed E-state index contributed by atoms with van der Waals surface area (Å²) in [5.74, 6) is 0.618. The van der Waals surface area contributed by atoms with Gasteiger partial charge in [-0.25, -0.2) is 5.01 Å². The Morgan fingerprint density at radius 2 is 2.04 bits per heavy atom. The summed E-state index contributed by atoms with van der Waals surface area (Å²) in [5, 5.41) is 8.84. The van der Waals surface area contributed by atoms with E-state index < -0.39 is 0 Å². The summed E-state index contributed by atoms with van der Waals surface area (Å²) in [4.78, 5) is 23.6. The first-order chi connectivity index (χ1) is 12.1. The number of benzene rings is 1. The van der Waals surface area contributed by atoms with Crippen molar-refractivity contribution in [3.63, 3.8) is 0 Å². The summed E-state index contributed by atoms with van der Waals surface area (Å²) in [5.41, 5.74) is 2.49. The van der Waals surface area contributed by atoms with Gasteiger partial charge < -0.3 is 9.73 Å². The van der Waals surface area contributed by atoms with Crippen LogP contribution in [-0.4, -0.2) is 22.5 Å². The van der Waals surface area contributed by atoms with Crippen LogP contribution in [0.3, 0.4) is 0 Å². The van der Waals surface area contributed by atoms with Crippen LogP contribution < -0.4 is 5.32 Å². The smallest absolute Gasteiger partial charge is 0.243 e. The van der Waals surface area contributed by atoms with Gasteiger partial charge in [-0.2, -0.15) is 5.10 Å². The van der Waals surface area contributed by atoms with Crippen LogP contribution >= 0.6 is 0 Å². The second kappa shape index (κ2) is 7.34. The number of hydrogen-bond donors (Lipinski definition) is 1. The number of nitrogens with zero attached hydrogens (tertiary/aromatic N) is 2. The standard InChI is InChI=1S/C19H21N3O3/c1-3-5-19(24)22-17(18-6-4-11-25-18)12-16(21-22)14-7-9-15(10-8-14)20-13(2)23/h4,6-11,17H,3,5,12H2,1-2H3,(H,20,23)/t17-/m1/s1. The predicted molar refractivity (Wildman–Crippen MR) is 95.1 cm³/mol. The molecule has 6 nitrogen and oxygen atoms in total. The first-order valence-electron chi connectivity index (χ1n) is 8.39. The van der Waals surface area contributed by atoms with E-state index in [0.717, 1.165) is 29.1 Å². The van der Waals surface area contributed by atoms with E-state index in [-0.39, 0.29) is 17.9 Å². The fourth-order valence-corrected chi connectivity index (χ4v) is 2.89. The van der Waals surface area contributed by atoms with E-state index in [9.17, 15) is 9.59 Å². The molecule has 0 unspecified atom stereocenters. The molecule has 2 amide bonds. The third-order valence-corrected chi connectivity index (χ3v) is 4.04. The van der Waals surface area contributed by atoms with Crippen LogP contribution in [0.2, 0.25) is 0 Å². The molecule has 1 aliphatic rings. The zero-order chi connectivity index (χ0) is 17.8. The maximum absolute atomic E-state index is 12.4. The van der Waals surface area contributed by atoms with Gasteiger partial charge in [0, 0.05) is 25.5 Å².